The highest BCUT2D eigenvalue weighted by Gasteiger charge is 2.33. The number of rotatable bonds is 1. The molecule has 0 nitrogen and oxygen atoms in total. The van der Waals surface area contributed by atoms with Crippen molar-refractivity contribution in [1.82, 2.24) is 0 Å². The molecule has 0 N–H and O–H groups in total. The van der Waals surface area contributed by atoms with E-state index in [1.54, 1.807) is 18.2 Å². The van der Waals surface area contributed by atoms with Crippen molar-refractivity contribution in [3.05, 3.63) is 84.4 Å². The van der Waals surface area contributed by atoms with Crippen molar-refractivity contribution >= 4 is 21.5 Å². The van der Waals surface area contributed by atoms with Crippen molar-refractivity contribution in [2.45, 2.75) is 6.18 Å². The van der Waals surface area contributed by atoms with Crippen LogP contribution in [-0.4, -0.2) is 0 Å². The molecule has 117 valence electrons. The third kappa shape index (κ3) is 2.42. The monoisotopic (exact) mass is 321 g/mol. The smallest absolute Gasteiger partial charge is 0.166 e. The van der Waals surface area contributed by atoms with E-state index in [1.165, 1.54) is 12.1 Å². The van der Waals surface area contributed by atoms with Crippen LogP contribution in [0, 0.1) is 6.07 Å². The Labute approximate surface area is 137 Å². The summed E-state index contributed by atoms with van der Waals surface area (Å²) in [6.45, 7) is 0. The minimum Gasteiger partial charge on any atom is -0.166 e. The standard InChI is InChI=1S/C21H12F3/c22-21(23,24)20-13-16(12-15-7-2-4-10-19(15)20)18-11-5-8-14-6-1-3-9-17(14)18/h1-11,13H. The van der Waals surface area contributed by atoms with Gasteiger partial charge in [0.2, 0.25) is 0 Å². The fourth-order valence-corrected chi connectivity index (χ4v) is 3.07. The summed E-state index contributed by atoms with van der Waals surface area (Å²) in [4.78, 5) is 0. The van der Waals surface area contributed by atoms with Crippen LogP contribution in [0.2, 0.25) is 0 Å². The van der Waals surface area contributed by atoms with Gasteiger partial charge in [-0.2, -0.15) is 13.2 Å². The number of fused-ring (bicyclic) bond motifs is 2. The molecule has 1 radical (unpaired) electrons. The number of benzene rings is 4. The van der Waals surface area contributed by atoms with E-state index in [2.05, 4.69) is 6.07 Å². The molecule has 4 rings (SSSR count). The first-order chi connectivity index (χ1) is 11.5. The number of hydrogen-bond donors (Lipinski definition) is 0. The molecule has 0 saturated heterocycles. The van der Waals surface area contributed by atoms with E-state index in [4.69, 9.17) is 0 Å². The van der Waals surface area contributed by atoms with Crippen molar-refractivity contribution < 1.29 is 13.2 Å². The summed E-state index contributed by atoms with van der Waals surface area (Å²) in [6.07, 6.45) is -4.41. The fourth-order valence-electron chi connectivity index (χ4n) is 3.07. The molecule has 0 unspecified atom stereocenters. The molecule has 0 aromatic heterocycles. The van der Waals surface area contributed by atoms with Gasteiger partial charge in [0.05, 0.1) is 5.56 Å². The average molecular weight is 321 g/mol. The van der Waals surface area contributed by atoms with E-state index in [0.29, 0.717) is 10.9 Å². The zero-order valence-corrected chi connectivity index (χ0v) is 12.6. The van der Waals surface area contributed by atoms with Gasteiger partial charge in [-0.05, 0) is 44.8 Å². The van der Waals surface area contributed by atoms with Gasteiger partial charge in [-0.3, -0.25) is 0 Å². The zero-order valence-electron chi connectivity index (χ0n) is 12.6. The van der Waals surface area contributed by atoms with Crippen LogP contribution in [0.25, 0.3) is 32.7 Å². The van der Waals surface area contributed by atoms with Gasteiger partial charge in [0.25, 0.3) is 0 Å². The third-order valence-electron chi connectivity index (χ3n) is 4.16. The molecule has 0 spiro atoms. The Bertz CT molecular complexity index is 1040. The van der Waals surface area contributed by atoms with Crippen LogP contribution in [-0.2, 0) is 6.18 Å². The highest BCUT2D eigenvalue weighted by Crippen LogP contribution is 2.39. The number of halogens is 3. The lowest BCUT2D eigenvalue weighted by Crippen LogP contribution is -2.06. The van der Waals surface area contributed by atoms with Gasteiger partial charge in [-0.15, -0.1) is 0 Å². The molecule has 0 saturated carbocycles. The minimum absolute atomic E-state index is 0.175. The van der Waals surface area contributed by atoms with E-state index in [9.17, 15) is 13.2 Å². The Balaban J connectivity index is 2.07. The molecule has 0 fully saturated rings. The molecule has 0 atom stereocenters. The largest absolute Gasteiger partial charge is 0.417 e. The van der Waals surface area contributed by atoms with Gasteiger partial charge >= 0.3 is 6.18 Å². The topological polar surface area (TPSA) is 0 Å². The van der Waals surface area contributed by atoms with E-state index >= 15 is 0 Å². The highest BCUT2D eigenvalue weighted by atomic mass is 19.4. The van der Waals surface area contributed by atoms with Gasteiger partial charge < -0.3 is 0 Å². The zero-order chi connectivity index (χ0) is 16.7. The summed E-state index contributed by atoms with van der Waals surface area (Å²) in [5.41, 5.74) is 0.585. The first-order valence-electron chi connectivity index (χ1n) is 7.54. The third-order valence-corrected chi connectivity index (χ3v) is 4.16. The van der Waals surface area contributed by atoms with Gasteiger partial charge in [0, 0.05) is 0 Å². The lowest BCUT2D eigenvalue weighted by molar-refractivity contribution is -0.136. The highest BCUT2D eigenvalue weighted by molar-refractivity contribution is 5.99. The SMILES string of the molecule is FC(F)(F)c1cc(-c2cccc3ccccc23)[c]c2ccccc12. The van der Waals surface area contributed by atoms with Crippen LogP contribution < -0.4 is 0 Å². The minimum atomic E-state index is -4.41. The lowest BCUT2D eigenvalue weighted by atomic mass is 9.93. The summed E-state index contributed by atoms with van der Waals surface area (Å²) in [5, 5.41) is 2.55. The average Bonchev–Trinajstić information content (AvgIpc) is 2.59. The van der Waals surface area contributed by atoms with E-state index in [0.717, 1.165) is 16.3 Å². The quantitative estimate of drug-likeness (QED) is 0.376. The van der Waals surface area contributed by atoms with Crippen LogP contribution in [0.1, 0.15) is 5.56 Å². The molecule has 0 bridgehead atoms. The Morgan fingerprint density at radius 2 is 1.38 bits per heavy atom. The van der Waals surface area contributed by atoms with Crippen LogP contribution in [0.5, 0.6) is 0 Å². The van der Waals surface area contributed by atoms with Crippen LogP contribution >= 0.6 is 0 Å². The maximum atomic E-state index is 13.5. The second-order valence-electron chi connectivity index (χ2n) is 5.67. The normalized spacial score (nSPS) is 12.0. The molecule has 0 heterocycles. The van der Waals surface area contributed by atoms with Crippen molar-refractivity contribution in [2.75, 3.05) is 0 Å². The Kier molecular flexibility index (Phi) is 3.31. The molecule has 24 heavy (non-hydrogen) atoms. The Hall–Kier alpha value is -2.81. The fraction of sp³-hybridized carbons (Fsp3) is 0.0476. The van der Waals surface area contributed by atoms with Crippen LogP contribution in [0.15, 0.2) is 72.8 Å². The maximum Gasteiger partial charge on any atom is 0.417 e. The molecular weight excluding hydrogens is 309 g/mol. The van der Waals surface area contributed by atoms with Crippen molar-refractivity contribution in [2.24, 2.45) is 0 Å². The molecular formula is C21H12F3. The second-order valence-corrected chi connectivity index (χ2v) is 5.67. The Morgan fingerprint density at radius 1 is 0.708 bits per heavy atom. The molecule has 0 aliphatic heterocycles. The van der Waals surface area contributed by atoms with Crippen molar-refractivity contribution in [1.29, 1.82) is 0 Å². The summed E-state index contributed by atoms with van der Waals surface area (Å²) >= 11 is 0. The van der Waals surface area contributed by atoms with Crippen molar-refractivity contribution in [3.8, 4) is 11.1 Å². The van der Waals surface area contributed by atoms with Gasteiger partial charge in [-0.1, -0.05) is 66.7 Å². The van der Waals surface area contributed by atoms with Gasteiger partial charge in [-0.25, -0.2) is 0 Å². The van der Waals surface area contributed by atoms with E-state index in [-0.39, 0.29) is 5.39 Å². The summed E-state index contributed by atoms with van der Waals surface area (Å²) in [5.74, 6) is 0. The van der Waals surface area contributed by atoms with Crippen LogP contribution in [0.4, 0.5) is 13.2 Å². The number of hydrogen-bond acceptors (Lipinski definition) is 0. The Morgan fingerprint density at radius 3 is 2.17 bits per heavy atom. The molecule has 0 aliphatic carbocycles. The van der Waals surface area contributed by atoms with Gasteiger partial charge in [0.15, 0.2) is 0 Å². The lowest BCUT2D eigenvalue weighted by Gasteiger charge is -2.14. The predicted molar refractivity (Wildman–Crippen MR) is 90.7 cm³/mol. The van der Waals surface area contributed by atoms with Crippen LogP contribution in [0.3, 0.4) is 0 Å². The second kappa shape index (κ2) is 5.38. The van der Waals surface area contributed by atoms with Gasteiger partial charge in [0.1, 0.15) is 0 Å². The summed E-state index contributed by atoms with van der Waals surface area (Å²) in [6, 6.07) is 24.1. The first-order valence-corrected chi connectivity index (χ1v) is 7.54. The molecule has 0 amide bonds. The van der Waals surface area contributed by atoms with Crippen molar-refractivity contribution in [3.63, 3.8) is 0 Å². The summed E-state index contributed by atoms with van der Waals surface area (Å²) < 4.78 is 40.5. The number of alkyl halides is 3. The molecule has 0 aliphatic rings. The molecule has 4 aromatic carbocycles. The van der Waals surface area contributed by atoms with E-state index < -0.39 is 11.7 Å². The maximum absolute atomic E-state index is 13.5. The molecule has 4 aromatic rings. The van der Waals surface area contributed by atoms with E-state index in [1.807, 2.05) is 42.5 Å². The predicted octanol–water partition coefficient (Wildman–Crippen LogP) is 6.48. The first kappa shape index (κ1) is 14.8. The molecule has 3 heteroatoms. The summed E-state index contributed by atoms with van der Waals surface area (Å²) in [7, 11) is 0.